The summed E-state index contributed by atoms with van der Waals surface area (Å²) in [5.41, 5.74) is 5.53. The highest BCUT2D eigenvalue weighted by Crippen LogP contribution is 2.23. The van der Waals surface area contributed by atoms with Crippen molar-refractivity contribution < 1.29 is 17.9 Å². The van der Waals surface area contributed by atoms with Crippen molar-refractivity contribution in [2.24, 2.45) is 5.73 Å². The first-order chi connectivity index (χ1) is 8.96. The maximum absolute atomic E-state index is 12.2. The van der Waals surface area contributed by atoms with Crippen LogP contribution in [0.2, 0.25) is 0 Å². The fraction of sp³-hybridized carbons (Fsp3) is 0.545. The van der Waals surface area contributed by atoms with Gasteiger partial charge in [-0.1, -0.05) is 13.3 Å². The third kappa shape index (κ3) is 4.00. The molecule has 6 nitrogen and oxygen atoms in total. The van der Waals surface area contributed by atoms with Crippen molar-refractivity contribution in [3.63, 3.8) is 0 Å². The normalized spacial score (nSPS) is 13.2. The van der Waals surface area contributed by atoms with Gasteiger partial charge in [-0.25, -0.2) is 17.9 Å². The zero-order chi connectivity index (χ0) is 14.5. The number of thiophene rings is 1. The van der Waals surface area contributed by atoms with E-state index in [1.54, 1.807) is 0 Å². The zero-order valence-electron chi connectivity index (χ0n) is 10.9. The molecule has 0 aliphatic rings. The van der Waals surface area contributed by atoms with Crippen molar-refractivity contribution in [2.75, 3.05) is 13.7 Å². The van der Waals surface area contributed by atoms with Crippen LogP contribution >= 0.6 is 11.3 Å². The molecule has 19 heavy (non-hydrogen) atoms. The maximum atomic E-state index is 12.2. The van der Waals surface area contributed by atoms with Crippen LogP contribution in [0.5, 0.6) is 0 Å². The van der Waals surface area contributed by atoms with E-state index in [1.807, 2.05) is 6.92 Å². The van der Waals surface area contributed by atoms with Gasteiger partial charge in [0.15, 0.2) is 0 Å². The van der Waals surface area contributed by atoms with Crippen LogP contribution in [0.15, 0.2) is 16.3 Å². The van der Waals surface area contributed by atoms with Gasteiger partial charge in [-0.3, -0.25) is 0 Å². The predicted molar refractivity (Wildman–Crippen MR) is 73.7 cm³/mol. The Labute approximate surface area is 117 Å². The number of sulfonamides is 1. The number of nitrogens with one attached hydrogen (secondary N) is 1. The molecule has 0 aromatic carbocycles. The second-order valence-corrected chi connectivity index (χ2v) is 6.55. The molecular weight excluding hydrogens is 288 g/mol. The topological polar surface area (TPSA) is 98.5 Å². The Kier molecular flexibility index (Phi) is 5.92. The van der Waals surface area contributed by atoms with Crippen molar-refractivity contribution >= 4 is 27.3 Å². The highest BCUT2D eigenvalue weighted by atomic mass is 32.2. The molecular formula is C11H18N2O4S2. The number of esters is 1. The van der Waals surface area contributed by atoms with Crippen molar-refractivity contribution in [3.8, 4) is 0 Å². The van der Waals surface area contributed by atoms with Crippen molar-refractivity contribution in [2.45, 2.75) is 30.7 Å². The smallest absolute Gasteiger partial charge is 0.349 e. The molecule has 1 heterocycles. The number of hydrogen-bond acceptors (Lipinski definition) is 6. The quantitative estimate of drug-likeness (QED) is 0.731. The van der Waals surface area contributed by atoms with E-state index in [4.69, 9.17) is 5.73 Å². The van der Waals surface area contributed by atoms with Crippen LogP contribution in [-0.4, -0.2) is 34.1 Å². The summed E-state index contributed by atoms with van der Waals surface area (Å²) < 4.78 is 31.5. The second kappa shape index (κ2) is 6.99. The molecule has 1 atom stereocenters. The molecule has 0 saturated heterocycles. The minimum Gasteiger partial charge on any atom is -0.465 e. The van der Waals surface area contributed by atoms with Crippen LogP contribution in [0.1, 0.15) is 29.4 Å². The van der Waals surface area contributed by atoms with E-state index in [1.165, 1.54) is 18.6 Å². The summed E-state index contributed by atoms with van der Waals surface area (Å²) in [7, 11) is -2.54. The summed E-state index contributed by atoms with van der Waals surface area (Å²) in [4.78, 5) is 11.5. The summed E-state index contributed by atoms with van der Waals surface area (Å²) in [5, 5.41) is 1.54. The SMILES string of the molecule is CCCC(CN)NS(=O)(=O)c1ccsc1C(=O)OC. The fourth-order valence-corrected chi connectivity index (χ4v) is 4.22. The standard InChI is InChI=1S/C11H18N2O4S2/c1-3-4-8(7-12)13-19(15,16)9-5-6-18-10(9)11(14)17-2/h5-6,8,13H,3-4,7,12H2,1-2H3. The van der Waals surface area contributed by atoms with Gasteiger partial charge in [-0.15, -0.1) is 11.3 Å². The number of rotatable bonds is 7. The first kappa shape index (κ1) is 16.1. The number of carbonyl (C=O) groups is 1. The maximum Gasteiger partial charge on any atom is 0.349 e. The van der Waals surface area contributed by atoms with Gasteiger partial charge in [-0.05, 0) is 17.9 Å². The molecule has 0 amide bonds. The van der Waals surface area contributed by atoms with Gasteiger partial charge in [0.1, 0.15) is 9.77 Å². The monoisotopic (exact) mass is 306 g/mol. The molecule has 8 heteroatoms. The number of methoxy groups -OCH3 is 1. The molecule has 1 aromatic rings. The third-order valence-corrected chi connectivity index (χ3v) is 5.12. The lowest BCUT2D eigenvalue weighted by Crippen LogP contribution is -2.40. The second-order valence-electron chi connectivity index (χ2n) is 3.95. The Morgan fingerprint density at radius 3 is 2.79 bits per heavy atom. The number of carbonyl (C=O) groups excluding carboxylic acids is 1. The van der Waals surface area contributed by atoms with Gasteiger partial charge in [0.25, 0.3) is 0 Å². The fourth-order valence-electron chi connectivity index (χ4n) is 1.61. The van der Waals surface area contributed by atoms with Crippen molar-refractivity contribution in [1.82, 2.24) is 4.72 Å². The Hall–Kier alpha value is -0.960. The van der Waals surface area contributed by atoms with Crippen LogP contribution in [0.3, 0.4) is 0 Å². The summed E-state index contributed by atoms with van der Waals surface area (Å²) in [6.45, 7) is 2.16. The third-order valence-electron chi connectivity index (χ3n) is 2.53. The molecule has 0 aliphatic carbocycles. The van der Waals surface area contributed by atoms with Crippen molar-refractivity contribution in [3.05, 3.63) is 16.3 Å². The molecule has 108 valence electrons. The first-order valence-electron chi connectivity index (χ1n) is 5.84. The van der Waals surface area contributed by atoms with Gasteiger partial charge in [0.05, 0.1) is 7.11 Å². The highest BCUT2D eigenvalue weighted by Gasteiger charge is 2.26. The van der Waals surface area contributed by atoms with Crippen LogP contribution in [0.4, 0.5) is 0 Å². The van der Waals surface area contributed by atoms with Crippen LogP contribution in [0, 0.1) is 0 Å². The van der Waals surface area contributed by atoms with Gasteiger partial charge in [0, 0.05) is 12.6 Å². The van der Waals surface area contributed by atoms with E-state index in [-0.39, 0.29) is 22.4 Å². The van der Waals surface area contributed by atoms with E-state index >= 15 is 0 Å². The molecule has 0 bridgehead atoms. The molecule has 1 rings (SSSR count). The molecule has 0 saturated carbocycles. The van der Waals surface area contributed by atoms with Gasteiger partial charge in [0.2, 0.25) is 10.0 Å². The van der Waals surface area contributed by atoms with Gasteiger partial charge >= 0.3 is 5.97 Å². The molecule has 1 unspecified atom stereocenters. The van der Waals surface area contributed by atoms with Crippen LogP contribution in [0.25, 0.3) is 0 Å². The zero-order valence-corrected chi connectivity index (χ0v) is 12.5. The lowest BCUT2D eigenvalue weighted by molar-refractivity contribution is 0.0602. The molecule has 3 N–H and O–H groups in total. The first-order valence-corrected chi connectivity index (χ1v) is 8.20. The van der Waals surface area contributed by atoms with Crippen LogP contribution in [-0.2, 0) is 14.8 Å². The minimum absolute atomic E-state index is 0.0566. The van der Waals surface area contributed by atoms with E-state index < -0.39 is 16.0 Å². The average Bonchev–Trinajstić information content (AvgIpc) is 2.87. The van der Waals surface area contributed by atoms with E-state index in [9.17, 15) is 13.2 Å². The Morgan fingerprint density at radius 1 is 1.58 bits per heavy atom. The summed E-state index contributed by atoms with van der Waals surface area (Å²) in [6, 6.07) is 1.05. The highest BCUT2D eigenvalue weighted by molar-refractivity contribution is 7.89. The molecule has 0 radical (unpaired) electrons. The van der Waals surface area contributed by atoms with Crippen molar-refractivity contribution in [1.29, 1.82) is 0 Å². The largest absolute Gasteiger partial charge is 0.465 e. The molecule has 0 fully saturated rings. The summed E-state index contributed by atoms with van der Waals surface area (Å²) in [5.74, 6) is -0.657. The number of nitrogens with two attached hydrogens (primary N) is 1. The Morgan fingerprint density at radius 2 is 2.26 bits per heavy atom. The average molecular weight is 306 g/mol. The van der Waals surface area contributed by atoms with Crippen LogP contribution < -0.4 is 10.5 Å². The van der Waals surface area contributed by atoms with E-state index in [0.29, 0.717) is 6.42 Å². The molecule has 1 aromatic heterocycles. The predicted octanol–water partition coefficient (Wildman–Crippen LogP) is 0.940. The molecule has 0 aliphatic heterocycles. The lowest BCUT2D eigenvalue weighted by Gasteiger charge is -2.16. The lowest BCUT2D eigenvalue weighted by atomic mass is 10.2. The van der Waals surface area contributed by atoms with Gasteiger partial charge in [-0.2, -0.15) is 0 Å². The van der Waals surface area contributed by atoms with E-state index in [0.717, 1.165) is 17.8 Å². The molecule has 0 spiro atoms. The van der Waals surface area contributed by atoms with E-state index in [2.05, 4.69) is 9.46 Å². The Bertz CT molecular complexity index is 525. The Balaban J connectivity index is 3.00. The summed E-state index contributed by atoms with van der Waals surface area (Å²) >= 11 is 1.03. The number of ether oxygens (including phenoxy) is 1. The minimum atomic E-state index is -3.76. The number of hydrogen-bond donors (Lipinski definition) is 2. The summed E-state index contributed by atoms with van der Waals surface area (Å²) in [6.07, 6.45) is 1.46. The van der Waals surface area contributed by atoms with Gasteiger partial charge < -0.3 is 10.5 Å².